The Balaban J connectivity index is 0.000000280. The van der Waals surface area contributed by atoms with Gasteiger partial charge >= 0.3 is 0 Å². The molecule has 28 heavy (non-hydrogen) atoms. The van der Waals surface area contributed by atoms with Gasteiger partial charge in [-0.3, -0.25) is 0 Å². The lowest BCUT2D eigenvalue weighted by atomic mass is 9.89. The molecule has 0 bridgehead atoms. The fraction of sp³-hybridized carbons (Fsp3) is 0.462. The van der Waals surface area contributed by atoms with Crippen LogP contribution < -0.4 is 0 Å². The average Bonchev–Trinajstić information content (AvgIpc) is 2.77. The van der Waals surface area contributed by atoms with E-state index in [0.717, 1.165) is 24.8 Å². The van der Waals surface area contributed by atoms with Crippen LogP contribution in [0, 0.1) is 5.92 Å². The van der Waals surface area contributed by atoms with Crippen molar-refractivity contribution in [2.75, 3.05) is 13.2 Å². The van der Waals surface area contributed by atoms with Crippen LogP contribution in [0.15, 0.2) is 72.3 Å². The number of hydrogen-bond acceptors (Lipinski definition) is 2. The SMILES string of the molecule is CC/C(=C/C(C)c1ccccc1)CO.CCC(CO)CC(C)c1ccccc1. The van der Waals surface area contributed by atoms with E-state index >= 15 is 0 Å². The maximum Gasteiger partial charge on any atom is 0.0641 e. The summed E-state index contributed by atoms with van der Waals surface area (Å²) in [4.78, 5) is 0. The normalized spacial score (nSPS) is 14.6. The second-order valence-corrected chi connectivity index (χ2v) is 7.54. The molecule has 2 N–H and O–H groups in total. The van der Waals surface area contributed by atoms with Gasteiger partial charge in [-0.15, -0.1) is 0 Å². The summed E-state index contributed by atoms with van der Waals surface area (Å²) in [5.74, 6) is 1.39. The van der Waals surface area contributed by atoms with Gasteiger partial charge in [0.25, 0.3) is 0 Å². The molecule has 0 fully saturated rings. The van der Waals surface area contributed by atoms with Crippen molar-refractivity contribution in [2.24, 2.45) is 5.92 Å². The summed E-state index contributed by atoms with van der Waals surface area (Å²) in [6.45, 7) is 9.08. The van der Waals surface area contributed by atoms with Crippen molar-refractivity contribution in [3.8, 4) is 0 Å². The van der Waals surface area contributed by atoms with Gasteiger partial charge in [0, 0.05) is 6.61 Å². The van der Waals surface area contributed by atoms with Gasteiger partial charge in [0.05, 0.1) is 6.61 Å². The Morgan fingerprint density at radius 2 is 1.39 bits per heavy atom. The first-order valence-electron chi connectivity index (χ1n) is 10.6. The zero-order valence-electron chi connectivity index (χ0n) is 18.0. The Hall–Kier alpha value is -1.90. The van der Waals surface area contributed by atoms with Crippen LogP contribution in [0.3, 0.4) is 0 Å². The van der Waals surface area contributed by atoms with Gasteiger partial charge in [0.2, 0.25) is 0 Å². The van der Waals surface area contributed by atoms with Crippen molar-refractivity contribution in [3.05, 3.63) is 83.4 Å². The van der Waals surface area contributed by atoms with Crippen LogP contribution in [-0.2, 0) is 0 Å². The Labute approximate surface area is 172 Å². The van der Waals surface area contributed by atoms with Crippen molar-refractivity contribution in [3.63, 3.8) is 0 Å². The number of benzene rings is 2. The third-order valence-electron chi connectivity index (χ3n) is 5.36. The van der Waals surface area contributed by atoms with Crippen molar-refractivity contribution < 1.29 is 10.2 Å². The maximum absolute atomic E-state index is 9.12. The molecule has 0 spiro atoms. The molecule has 0 radical (unpaired) electrons. The molecule has 3 atom stereocenters. The Morgan fingerprint density at radius 1 is 0.857 bits per heavy atom. The van der Waals surface area contributed by atoms with Crippen molar-refractivity contribution in [2.45, 2.75) is 58.8 Å². The van der Waals surface area contributed by atoms with E-state index < -0.39 is 0 Å². The minimum Gasteiger partial charge on any atom is -0.396 e. The van der Waals surface area contributed by atoms with E-state index in [0.29, 0.717) is 24.4 Å². The zero-order valence-corrected chi connectivity index (χ0v) is 18.0. The van der Waals surface area contributed by atoms with E-state index in [9.17, 15) is 0 Å². The minimum absolute atomic E-state index is 0.174. The van der Waals surface area contributed by atoms with Crippen LogP contribution in [-0.4, -0.2) is 23.4 Å². The van der Waals surface area contributed by atoms with Crippen molar-refractivity contribution >= 4 is 0 Å². The van der Waals surface area contributed by atoms with E-state index in [1.165, 1.54) is 11.1 Å². The molecule has 2 aromatic rings. The van der Waals surface area contributed by atoms with Crippen LogP contribution in [0.4, 0.5) is 0 Å². The quantitative estimate of drug-likeness (QED) is 0.498. The molecular weight excluding hydrogens is 344 g/mol. The lowest BCUT2D eigenvalue weighted by Gasteiger charge is -2.17. The van der Waals surface area contributed by atoms with E-state index in [1.807, 2.05) is 24.3 Å². The zero-order chi connectivity index (χ0) is 20.8. The van der Waals surface area contributed by atoms with Crippen LogP contribution in [0.25, 0.3) is 0 Å². The monoisotopic (exact) mass is 382 g/mol. The van der Waals surface area contributed by atoms with Gasteiger partial charge in [0.1, 0.15) is 0 Å². The molecule has 0 heterocycles. The minimum atomic E-state index is 0.174. The molecule has 2 aromatic carbocycles. The molecule has 2 nitrogen and oxygen atoms in total. The molecule has 0 saturated heterocycles. The van der Waals surface area contributed by atoms with Gasteiger partial charge in [-0.25, -0.2) is 0 Å². The van der Waals surface area contributed by atoms with Gasteiger partial charge in [-0.05, 0) is 47.3 Å². The largest absolute Gasteiger partial charge is 0.396 e. The standard InChI is InChI=1S/C13H20O.C13H18O/c2*1-3-12(10-14)9-11(2)13-7-5-4-6-8-13/h4-8,11-12,14H,3,9-10H2,1-2H3;4-9,11,14H,3,10H2,1-2H3/b;12-9-. The lowest BCUT2D eigenvalue weighted by molar-refractivity contribution is 0.209. The molecule has 0 amide bonds. The van der Waals surface area contributed by atoms with Gasteiger partial charge in [0.15, 0.2) is 0 Å². The predicted octanol–water partition coefficient (Wildman–Crippen LogP) is 6.32. The number of aliphatic hydroxyl groups excluding tert-OH is 2. The van der Waals surface area contributed by atoms with Crippen molar-refractivity contribution in [1.29, 1.82) is 0 Å². The summed E-state index contributed by atoms with van der Waals surface area (Å²) in [5.41, 5.74) is 3.78. The first kappa shape index (κ1) is 24.1. The van der Waals surface area contributed by atoms with Gasteiger partial charge in [-0.2, -0.15) is 0 Å². The third-order valence-corrected chi connectivity index (χ3v) is 5.36. The van der Waals surface area contributed by atoms with Crippen LogP contribution >= 0.6 is 0 Å². The summed E-state index contributed by atoms with van der Waals surface area (Å²) < 4.78 is 0. The first-order chi connectivity index (χ1) is 13.5. The molecule has 2 rings (SSSR count). The summed E-state index contributed by atoms with van der Waals surface area (Å²) in [7, 11) is 0. The molecule has 0 aliphatic heterocycles. The Morgan fingerprint density at radius 3 is 1.82 bits per heavy atom. The van der Waals surface area contributed by atoms with Crippen LogP contribution in [0.2, 0.25) is 0 Å². The smallest absolute Gasteiger partial charge is 0.0641 e. The molecule has 2 heteroatoms. The highest BCUT2D eigenvalue weighted by atomic mass is 16.3. The van der Waals surface area contributed by atoms with E-state index in [2.05, 4.69) is 70.2 Å². The first-order valence-corrected chi connectivity index (χ1v) is 10.6. The highest BCUT2D eigenvalue weighted by Gasteiger charge is 2.11. The Bertz CT molecular complexity index is 639. The molecule has 0 aromatic heterocycles. The average molecular weight is 383 g/mol. The summed E-state index contributed by atoms with van der Waals surface area (Å²) >= 11 is 0. The van der Waals surface area contributed by atoms with E-state index in [1.54, 1.807) is 0 Å². The predicted molar refractivity (Wildman–Crippen MR) is 121 cm³/mol. The molecular formula is C26H38O2. The molecule has 0 aliphatic rings. The van der Waals surface area contributed by atoms with Crippen LogP contribution in [0.1, 0.15) is 69.9 Å². The van der Waals surface area contributed by atoms with Gasteiger partial charge < -0.3 is 10.2 Å². The third kappa shape index (κ3) is 8.86. The van der Waals surface area contributed by atoms with Gasteiger partial charge in [-0.1, -0.05) is 101 Å². The molecule has 0 aliphatic carbocycles. The number of allylic oxidation sites excluding steroid dienone is 1. The highest BCUT2D eigenvalue weighted by molar-refractivity contribution is 5.24. The number of rotatable bonds is 9. The fourth-order valence-electron chi connectivity index (χ4n) is 3.28. The molecule has 3 unspecified atom stereocenters. The summed E-state index contributed by atoms with van der Waals surface area (Å²) in [6.07, 6.45) is 5.22. The Kier molecular flexibility index (Phi) is 12.2. The molecule has 0 saturated carbocycles. The number of aliphatic hydroxyl groups is 2. The van der Waals surface area contributed by atoms with Crippen LogP contribution in [0.5, 0.6) is 0 Å². The second-order valence-electron chi connectivity index (χ2n) is 7.54. The summed E-state index contributed by atoms with van der Waals surface area (Å²) in [5, 5.41) is 18.2. The van der Waals surface area contributed by atoms with Crippen molar-refractivity contribution in [1.82, 2.24) is 0 Å². The highest BCUT2D eigenvalue weighted by Crippen LogP contribution is 2.24. The fourth-order valence-corrected chi connectivity index (χ4v) is 3.28. The maximum atomic E-state index is 9.12. The van der Waals surface area contributed by atoms with E-state index in [-0.39, 0.29) is 6.61 Å². The topological polar surface area (TPSA) is 40.5 Å². The summed E-state index contributed by atoms with van der Waals surface area (Å²) in [6, 6.07) is 20.9. The second kappa shape index (κ2) is 14.1. The van der Waals surface area contributed by atoms with E-state index in [4.69, 9.17) is 10.2 Å². The number of hydrogen-bond donors (Lipinski definition) is 2. The lowest BCUT2D eigenvalue weighted by Crippen LogP contribution is -2.08. The molecule has 154 valence electrons.